The van der Waals surface area contributed by atoms with Gasteiger partial charge in [0.05, 0.1) is 6.61 Å². The molecule has 1 heterocycles. The number of benzene rings is 1. The number of hydrogen-bond donors (Lipinski definition) is 1. The topological polar surface area (TPSA) is 35.2 Å². The summed E-state index contributed by atoms with van der Waals surface area (Å²) in [4.78, 5) is 0. The fraction of sp³-hybridized carbons (Fsp3) is 0.500. The van der Waals surface area contributed by atoms with Crippen molar-refractivity contribution >= 4 is 23.2 Å². The van der Waals surface area contributed by atoms with Gasteiger partial charge in [0, 0.05) is 22.2 Å². The van der Waals surface area contributed by atoms with Gasteiger partial charge in [0.2, 0.25) is 0 Å². The second-order valence-electron chi connectivity index (χ2n) is 4.40. The van der Waals surface area contributed by atoms with Crippen LogP contribution in [0.2, 0.25) is 10.0 Å². The lowest BCUT2D eigenvalue weighted by molar-refractivity contribution is 0.0382. The van der Waals surface area contributed by atoms with Crippen molar-refractivity contribution in [2.24, 2.45) is 5.73 Å². The van der Waals surface area contributed by atoms with Gasteiger partial charge in [-0.15, -0.1) is 0 Å². The number of nitrogens with two attached hydrogens (primary N) is 1. The highest BCUT2D eigenvalue weighted by molar-refractivity contribution is 6.36. The van der Waals surface area contributed by atoms with Gasteiger partial charge in [0.25, 0.3) is 0 Å². The third-order valence-corrected chi connectivity index (χ3v) is 3.65. The predicted octanol–water partition coefficient (Wildman–Crippen LogP) is 3.04. The summed E-state index contributed by atoms with van der Waals surface area (Å²) in [7, 11) is 0. The van der Waals surface area contributed by atoms with Crippen molar-refractivity contribution in [3.8, 4) is 0 Å². The molecule has 2 rings (SSSR count). The van der Waals surface area contributed by atoms with E-state index in [1.807, 2.05) is 18.2 Å². The molecule has 0 saturated carbocycles. The molecule has 4 heteroatoms. The molecule has 0 amide bonds. The zero-order chi connectivity index (χ0) is 11.6. The first-order valence-electron chi connectivity index (χ1n) is 5.40. The molecular weight excluding hydrogens is 245 g/mol. The highest BCUT2D eigenvalue weighted by Crippen LogP contribution is 2.30. The lowest BCUT2D eigenvalue weighted by Gasteiger charge is -2.33. The molecule has 1 aromatic carbocycles. The van der Waals surface area contributed by atoms with E-state index in [0.717, 1.165) is 25.0 Å². The third-order valence-electron chi connectivity index (χ3n) is 2.94. The summed E-state index contributed by atoms with van der Waals surface area (Å²) in [5, 5.41) is 1.37. The molecule has 1 fully saturated rings. The van der Waals surface area contributed by atoms with Gasteiger partial charge in [0.1, 0.15) is 0 Å². The SMILES string of the molecule is NC1(Cc2c(Cl)cccc2Cl)CCCOC1. The summed E-state index contributed by atoms with van der Waals surface area (Å²) >= 11 is 12.3. The normalized spacial score (nSPS) is 25.7. The summed E-state index contributed by atoms with van der Waals surface area (Å²) in [6, 6.07) is 5.53. The van der Waals surface area contributed by atoms with Crippen molar-refractivity contribution in [1.82, 2.24) is 0 Å². The average Bonchev–Trinajstić information content (AvgIpc) is 2.25. The first-order valence-corrected chi connectivity index (χ1v) is 6.16. The highest BCUT2D eigenvalue weighted by atomic mass is 35.5. The van der Waals surface area contributed by atoms with E-state index in [-0.39, 0.29) is 5.54 Å². The molecule has 1 unspecified atom stereocenters. The molecule has 88 valence electrons. The Morgan fingerprint density at radius 2 is 2.00 bits per heavy atom. The van der Waals surface area contributed by atoms with Crippen LogP contribution in [0.5, 0.6) is 0 Å². The summed E-state index contributed by atoms with van der Waals surface area (Å²) < 4.78 is 5.43. The summed E-state index contributed by atoms with van der Waals surface area (Å²) in [5.41, 5.74) is 6.89. The second kappa shape index (κ2) is 4.92. The maximum absolute atomic E-state index is 6.29. The van der Waals surface area contributed by atoms with Gasteiger partial charge in [-0.2, -0.15) is 0 Å². The zero-order valence-corrected chi connectivity index (χ0v) is 10.5. The summed E-state index contributed by atoms with van der Waals surface area (Å²) in [6.07, 6.45) is 2.62. The Morgan fingerprint density at radius 1 is 1.31 bits per heavy atom. The van der Waals surface area contributed by atoms with Crippen LogP contribution < -0.4 is 5.73 Å². The standard InChI is InChI=1S/C12H15Cl2NO/c13-10-3-1-4-11(14)9(10)7-12(15)5-2-6-16-8-12/h1,3-4H,2,5-8,15H2. The van der Waals surface area contributed by atoms with Gasteiger partial charge >= 0.3 is 0 Å². The molecule has 1 atom stereocenters. The van der Waals surface area contributed by atoms with E-state index in [0.29, 0.717) is 23.1 Å². The highest BCUT2D eigenvalue weighted by Gasteiger charge is 2.29. The predicted molar refractivity (Wildman–Crippen MR) is 67.1 cm³/mol. The Bertz CT molecular complexity index is 355. The number of rotatable bonds is 2. The van der Waals surface area contributed by atoms with Crippen LogP contribution in [0.1, 0.15) is 18.4 Å². The van der Waals surface area contributed by atoms with Crippen LogP contribution in [0.3, 0.4) is 0 Å². The molecule has 0 radical (unpaired) electrons. The monoisotopic (exact) mass is 259 g/mol. The Morgan fingerprint density at radius 3 is 2.56 bits per heavy atom. The molecule has 0 aliphatic carbocycles. The third kappa shape index (κ3) is 2.69. The van der Waals surface area contributed by atoms with Crippen molar-refractivity contribution in [2.45, 2.75) is 24.8 Å². The van der Waals surface area contributed by atoms with Gasteiger partial charge in [-0.3, -0.25) is 0 Å². The van der Waals surface area contributed by atoms with E-state index in [1.165, 1.54) is 0 Å². The Balaban J connectivity index is 2.19. The molecule has 0 aromatic heterocycles. The van der Waals surface area contributed by atoms with Crippen LogP contribution in [-0.4, -0.2) is 18.8 Å². The molecule has 2 nitrogen and oxygen atoms in total. The van der Waals surface area contributed by atoms with Gasteiger partial charge in [-0.1, -0.05) is 29.3 Å². The lowest BCUT2D eigenvalue weighted by atomic mass is 9.87. The maximum Gasteiger partial charge on any atom is 0.0649 e. The molecule has 0 bridgehead atoms. The first kappa shape index (κ1) is 12.2. The second-order valence-corrected chi connectivity index (χ2v) is 5.21. The van der Waals surface area contributed by atoms with Crippen molar-refractivity contribution in [3.05, 3.63) is 33.8 Å². The molecule has 2 N–H and O–H groups in total. The van der Waals surface area contributed by atoms with Gasteiger partial charge in [-0.25, -0.2) is 0 Å². The Hall–Kier alpha value is -0.280. The maximum atomic E-state index is 6.29. The van der Waals surface area contributed by atoms with E-state index in [4.69, 9.17) is 33.7 Å². The Kier molecular flexibility index (Phi) is 3.75. The Labute approximate surface area is 106 Å². The lowest BCUT2D eigenvalue weighted by Crippen LogP contribution is -2.49. The quantitative estimate of drug-likeness (QED) is 0.887. The first-order chi connectivity index (χ1) is 7.61. The van der Waals surface area contributed by atoms with Crippen LogP contribution >= 0.6 is 23.2 Å². The minimum atomic E-state index is -0.327. The van der Waals surface area contributed by atoms with Crippen molar-refractivity contribution in [2.75, 3.05) is 13.2 Å². The molecule has 0 spiro atoms. The molecule has 16 heavy (non-hydrogen) atoms. The molecule has 1 aromatic rings. The van der Waals surface area contributed by atoms with Crippen LogP contribution in [-0.2, 0) is 11.2 Å². The van der Waals surface area contributed by atoms with Crippen molar-refractivity contribution in [1.29, 1.82) is 0 Å². The minimum Gasteiger partial charge on any atom is -0.380 e. The summed E-state index contributed by atoms with van der Waals surface area (Å²) in [5.74, 6) is 0. The largest absolute Gasteiger partial charge is 0.380 e. The molecule has 1 aliphatic heterocycles. The number of hydrogen-bond acceptors (Lipinski definition) is 2. The fourth-order valence-electron chi connectivity index (χ4n) is 2.07. The van der Waals surface area contributed by atoms with E-state index >= 15 is 0 Å². The fourth-order valence-corrected chi connectivity index (χ4v) is 2.60. The summed E-state index contributed by atoms with van der Waals surface area (Å²) in [6.45, 7) is 1.38. The van der Waals surface area contributed by atoms with Crippen molar-refractivity contribution in [3.63, 3.8) is 0 Å². The zero-order valence-electron chi connectivity index (χ0n) is 9.01. The molecule has 1 aliphatic rings. The van der Waals surface area contributed by atoms with Gasteiger partial charge in [-0.05, 0) is 37.0 Å². The van der Waals surface area contributed by atoms with Crippen molar-refractivity contribution < 1.29 is 4.74 Å². The average molecular weight is 260 g/mol. The van der Waals surface area contributed by atoms with E-state index in [2.05, 4.69) is 0 Å². The smallest absolute Gasteiger partial charge is 0.0649 e. The minimum absolute atomic E-state index is 0.327. The van der Waals surface area contributed by atoms with Crippen LogP contribution in [0.4, 0.5) is 0 Å². The van der Waals surface area contributed by atoms with Gasteiger partial charge < -0.3 is 10.5 Å². The van der Waals surface area contributed by atoms with Crippen LogP contribution in [0.25, 0.3) is 0 Å². The van der Waals surface area contributed by atoms with E-state index < -0.39 is 0 Å². The number of halogens is 2. The van der Waals surface area contributed by atoms with Gasteiger partial charge in [0.15, 0.2) is 0 Å². The van der Waals surface area contributed by atoms with E-state index in [1.54, 1.807) is 0 Å². The number of ether oxygens (including phenoxy) is 1. The van der Waals surface area contributed by atoms with Crippen LogP contribution in [0.15, 0.2) is 18.2 Å². The van der Waals surface area contributed by atoms with Crippen LogP contribution in [0, 0.1) is 0 Å². The molecular formula is C12H15Cl2NO. The van der Waals surface area contributed by atoms with E-state index in [9.17, 15) is 0 Å². The molecule has 1 saturated heterocycles.